The second-order valence-electron chi connectivity index (χ2n) is 9.60. The zero-order valence-corrected chi connectivity index (χ0v) is 23.2. The highest BCUT2D eigenvalue weighted by Crippen LogP contribution is 2.41. The molecular weight excluding hydrogens is 538 g/mol. The molecule has 0 saturated carbocycles. The number of hydrogen-bond acceptors (Lipinski definition) is 5. The van der Waals surface area contributed by atoms with Gasteiger partial charge in [-0.15, -0.1) is 0 Å². The largest absolute Gasteiger partial charge is 0.497 e. The molecule has 214 valence electrons. The zero-order valence-electron chi connectivity index (χ0n) is 23.2. The van der Waals surface area contributed by atoms with Crippen molar-refractivity contribution >= 4 is 0 Å². The van der Waals surface area contributed by atoms with Gasteiger partial charge in [-0.25, -0.2) is 8.78 Å². The fourth-order valence-electron chi connectivity index (χ4n) is 4.86. The minimum atomic E-state index is -1.81. The molecule has 0 aliphatic heterocycles. The average molecular weight is 569 g/mol. The lowest BCUT2D eigenvalue weighted by Gasteiger charge is -2.34. The summed E-state index contributed by atoms with van der Waals surface area (Å²) in [4.78, 5) is 0. The standard InChI is InChI=1S/C35H30F2O5/c1-39-30-14-18-32(19-15-30)41-22-24-4-3-5-25(23-42-33-20-16-31(40-2)17-21-33)34(24)35(38,26-6-10-28(36)11-7-26)27-8-12-29(37)13-9-27/h3-21,38H,22-23H2,1-2H3. The summed E-state index contributed by atoms with van der Waals surface area (Å²) in [6.45, 7) is 0.200. The molecule has 7 heteroatoms. The Balaban J connectivity index is 1.62. The first-order chi connectivity index (χ1) is 20.4. The number of ether oxygens (including phenoxy) is 4. The number of methoxy groups -OCH3 is 2. The van der Waals surface area contributed by atoms with Crippen LogP contribution in [0.15, 0.2) is 115 Å². The minimum Gasteiger partial charge on any atom is -0.497 e. The van der Waals surface area contributed by atoms with Crippen molar-refractivity contribution in [1.82, 2.24) is 0 Å². The van der Waals surface area contributed by atoms with E-state index in [1.165, 1.54) is 48.5 Å². The van der Waals surface area contributed by atoms with Crippen LogP contribution >= 0.6 is 0 Å². The molecule has 0 aliphatic carbocycles. The molecule has 0 atom stereocenters. The van der Waals surface area contributed by atoms with E-state index >= 15 is 0 Å². The summed E-state index contributed by atoms with van der Waals surface area (Å²) in [6, 6.07) is 31.1. The van der Waals surface area contributed by atoms with Gasteiger partial charge >= 0.3 is 0 Å². The summed E-state index contributed by atoms with van der Waals surface area (Å²) in [7, 11) is 3.18. The molecule has 0 saturated heterocycles. The van der Waals surface area contributed by atoms with Crippen LogP contribution in [0.3, 0.4) is 0 Å². The fraction of sp³-hybridized carbons (Fsp3) is 0.143. The van der Waals surface area contributed by atoms with E-state index in [0.29, 0.717) is 50.8 Å². The van der Waals surface area contributed by atoms with Gasteiger partial charge in [-0.3, -0.25) is 0 Å². The summed E-state index contributed by atoms with van der Waals surface area (Å²) in [6.07, 6.45) is 0. The summed E-state index contributed by atoms with van der Waals surface area (Å²) < 4.78 is 50.8. The molecule has 0 heterocycles. The number of benzene rings is 5. The van der Waals surface area contributed by atoms with Crippen molar-refractivity contribution in [3.05, 3.63) is 155 Å². The Bertz CT molecular complexity index is 1490. The predicted octanol–water partition coefficient (Wildman–Crippen LogP) is 7.42. The summed E-state index contributed by atoms with van der Waals surface area (Å²) in [5.41, 5.74) is 0.817. The van der Waals surface area contributed by atoms with Gasteiger partial charge in [-0.2, -0.15) is 0 Å². The third-order valence-corrected chi connectivity index (χ3v) is 7.03. The third-order valence-electron chi connectivity index (χ3n) is 7.03. The Morgan fingerprint density at radius 1 is 0.524 bits per heavy atom. The van der Waals surface area contributed by atoms with Gasteiger partial charge < -0.3 is 24.1 Å². The molecule has 5 rings (SSSR count). The maximum Gasteiger partial charge on any atom is 0.141 e. The summed E-state index contributed by atoms with van der Waals surface area (Å²) in [5.74, 6) is 1.71. The van der Waals surface area contributed by atoms with Gasteiger partial charge in [0.05, 0.1) is 14.2 Å². The van der Waals surface area contributed by atoms with Crippen LogP contribution in [0, 0.1) is 11.6 Å². The Labute approximate surface area is 243 Å². The highest BCUT2D eigenvalue weighted by Gasteiger charge is 2.38. The number of halogens is 2. The van der Waals surface area contributed by atoms with E-state index < -0.39 is 17.2 Å². The van der Waals surface area contributed by atoms with E-state index in [4.69, 9.17) is 18.9 Å². The maximum atomic E-state index is 14.0. The Kier molecular flexibility index (Phi) is 8.69. The van der Waals surface area contributed by atoms with Crippen LogP contribution in [0.1, 0.15) is 27.8 Å². The van der Waals surface area contributed by atoms with Crippen molar-refractivity contribution < 1.29 is 32.8 Å². The van der Waals surface area contributed by atoms with Crippen LogP contribution in [0.4, 0.5) is 8.78 Å². The minimum absolute atomic E-state index is 0.0999. The van der Waals surface area contributed by atoms with Gasteiger partial charge in [0.2, 0.25) is 0 Å². The first-order valence-electron chi connectivity index (χ1n) is 13.3. The molecule has 5 aromatic carbocycles. The van der Waals surface area contributed by atoms with Crippen molar-refractivity contribution in [2.24, 2.45) is 0 Å². The molecule has 5 nitrogen and oxygen atoms in total. The molecule has 42 heavy (non-hydrogen) atoms. The zero-order chi connectivity index (χ0) is 29.5. The van der Waals surface area contributed by atoms with Gasteiger partial charge in [0.1, 0.15) is 53.4 Å². The summed E-state index contributed by atoms with van der Waals surface area (Å²) >= 11 is 0. The molecule has 0 aliphatic rings. The van der Waals surface area contributed by atoms with Crippen LogP contribution in [-0.2, 0) is 18.8 Å². The molecule has 5 aromatic rings. The maximum absolute atomic E-state index is 14.0. The molecule has 0 spiro atoms. The first kappa shape index (κ1) is 28.6. The van der Waals surface area contributed by atoms with E-state index in [2.05, 4.69) is 0 Å². The van der Waals surface area contributed by atoms with Gasteiger partial charge in [-0.1, -0.05) is 42.5 Å². The highest BCUT2D eigenvalue weighted by atomic mass is 19.1. The van der Waals surface area contributed by atoms with Crippen LogP contribution in [0.25, 0.3) is 0 Å². The lowest BCUT2D eigenvalue weighted by Crippen LogP contribution is -2.32. The van der Waals surface area contributed by atoms with Crippen LogP contribution in [0.5, 0.6) is 23.0 Å². The SMILES string of the molecule is COc1ccc(OCc2cccc(COc3ccc(OC)cc3)c2C(O)(c2ccc(F)cc2)c2ccc(F)cc2)cc1. The van der Waals surface area contributed by atoms with E-state index in [0.717, 1.165) is 0 Å². The lowest BCUT2D eigenvalue weighted by molar-refractivity contribution is 0.120. The Morgan fingerprint density at radius 3 is 1.24 bits per heavy atom. The second kappa shape index (κ2) is 12.7. The molecule has 0 unspecified atom stereocenters. The summed E-state index contributed by atoms with van der Waals surface area (Å²) in [5, 5.41) is 12.7. The average Bonchev–Trinajstić information content (AvgIpc) is 3.03. The second-order valence-corrected chi connectivity index (χ2v) is 9.60. The van der Waals surface area contributed by atoms with Gasteiger partial charge in [-0.05, 0) is 95.1 Å². The smallest absolute Gasteiger partial charge is 0.141 e. The molecule has 0 fully saturated rings. The fourth-order valence-corrected chi connectivity index (χ4v) is 4.86. The van der Waals surface area contributed by atoms with E-state index in [1.54, 1.807) is 62.8 Å². The topological polar surface area (TPSA) is 57.2 Å². The Hall–Kier alpha value is -4.88. The first-order valence-corrected chi connectivity index (χ1v) is 13.3. The molecule has 0 amide bonds. The van der Waals surface area contributed by atoms with Crippen LogP contribution in [0.2, 0.25) is 0 Å². The Morgan fingerprint density at radius 2 is 0.881 bits per heavy atom. The highest BCUT2D eigenvalue weighted by molar-refractivity contribution is 5.53. The van der Waals surface area contributed by atoms with Crippen molar-refractivity contribution in [3.63, 3.8) is 0 Å². The predicted molar refractivity (Wildman–Crippen MR) is 156 cm³/mol. The van der Waals surface area contributed by atoms with Crippen LogP contribution in [-0.4, -0.2) is 19.3 Å². The molecule has 1 N–H and O–H groups in total. The van der Waals surface area contributed by atoms with Crippen LogP contribution < -0.4 is 18.9 Å². The monoisotopic (exact) mass is 568 g/mol. The van der Waals surface area contributed by atoms with Gasteiger partial charge in [0.25, 0.3) is 0 Å². The quantitative estimate of drug-likeness (QED) is 0.168. The van der Waals surface area contributed by atoms with Crippen molar-refractivity contribution in [1.29, 1.82) is 0 Å². The van der Waals surface area contributed by atoms with E-state index in [-0.39, 0.29) is 13.2 Å². The van der Waals surface area contributed by atoms with Crippen molar-refractivity contribution in [2.45, 2.75) is 18.8 Å². The molecule has 0 radical (unpaired) electrons. The number of rotatable bonds is 11. The van der Waals surface area contributed by atoms with E-state index in [9.17, 15) is 13.9 Å². The number of aliphatic hydroxyl groups is 1. The molecule has 0 bridgehead atoms. The van der Waals surface area contributed by atoms with Gasteiger partial charge in [0.15, 0.2) is 0 Å². The van der Waals surface area contributed by atoms with E-state index in [1.807, 2.05) is 18.2 Å². The number of hydrogen-bond donors (Lipinski definition) is 1. The normalized spacial score (nSPS) is 11.2. The van der Waals surface area contributed by atoms with Gasteiger partial charge in [0, 0.05) is 5.56 Å². The third kappa shape index (κ3) is 6.21. The molecule has 0 aromatic heterocycles. The van der Waals surface area contributed by atoms with Crippen molar-refractivity contribution in [2.75, 3.05) is 14.2 Å². The lowest BCUT2D eigenvalue weighted by atomic mass is 9.76. The van der Waals surface area contributed by atoms with Crippen molar-refractivity contribution in [3.8, 4) is 23.0 Å². The molecular formula is C35H30F2O5.